The first kappa shape index (κ1) is 16.4. The molecule has 0 saturated heterocycles. The Labute approximate surface area is 144 Å². The Hall–Kier alpha value is -2.50. The standard InChI is InChI=1S/C19H18N2O2S/c1-12-17(18(19(22)23)21-24-12)10-14-3-2-4-16(9-14)15-7-5-13(11-20)6-8-15/h2-9H,10-11,20H2,1H3,(H,22,23). The number of rotatable bonds is 5. The molecule has 2 aromatic carbocycles. The van der Waals surface area contributed by atoms with Crippen molar-refractivity contribution in [1.82, 2.24) is 4.37 Å². The molecule has 0 bridgehead atoms. The van der Waals surface area contributed by atoms with Crippen LogP contribution in [0.1, 0.15) is 32.1 Å². The van der Waals surface area contributed by atoms with E-state index in [4.69, 9.17) is 5.73 Å². The summed E-state index contributed by atoms with van der Waals surface area (Å²) in [6.45, 7) is 2.44. The van der Waals surface area contributed by atoms with Crippen molar-refractivity contribution in [3.63, 3.8) is 0 Å². The smallest absolute Gasteiger partial charge is 0.355 e. The summed E-state index contributed by atoms with van der Waals surface area (Å²) < 4.78 is 4.04. The third-order valence-electron chi connectivity index (χ3n) is 4.02. The summed E-state index contributed by atoms with van der Waals surface area (Å²) in [4.78, 5) is 12.3. The zero-order valence-corrected chi connectivity index (χ0v) is 14.1. The molecule has 0 fully saturated rings. The van der Waals surface area contributed by atoms with Gasteiger partial charge in [0.2, 0.25) is 0 Å². The summed E-state index contributed by atoms with van der Waals surface area (Å²) in [7, 11) is 0. The molecule has 3 aromatic rings. The van der Waals surface area contributed by atoms with Gasteiger partial charge in [0.25, 0.3) is 0 Å². The van der Waals surface area contributed by atoms with E-state index >= 15 is 0 Å². The lowest BCUT2D eigenvalue weighted by Gasteiger charge is -2.07. The average Bonchev–Trinajstić information content (AvgIpc) is 2.96. The van der Waals surface area contributed by atoms with Gasteiger partial charge in [0.05, 0.1) is 0 Å². The van der Waals surface area contributed by atoms with E-state index in [2.05, 4.69) is 28.6 Å². The number of aromatic nitrogens is 1. The largest absolute Gasteiger partial charge is 0.476 e. The van der Waals surface area contributed by atoms with E-state index in [1.165, 1.54) is 11.5 Å². The molecular weight excluding hydrogens is 320 g/mol. The van der Waals surface area contributed by atoms with E-state index in [-0.39, 0.29) is 5.69 Å². The summed E-state index contributed by atoms with van der Waals surface area (Å²) in [6.07, 6.45) is 0.568. The van der Waals surface area contributed by atoms with Gasteiger partial charge in [-0.3, -0.25) is 0 Å². The SMILES string of the molecule is Cc1snc(C(=O)O)c1Cc1cccc(-c2ccc(CN)cc2)c1. The van der Waals surface area contributed by atoms with Gasteiger partial charge in [-0.15, -0.1) is 0 Å². The van der Waals surface area contributed by atoms with Gasteiger partial charge in [-0.05, 0) is 40.7 Å². The van der Waals surface area contributed by atoms with Gasteiger partial charge in [0.15, 0.2) is 5.69 Å². The second kappa shape index (κ2) is 6.95. The van der Waals surface area contributed by atoms with Gasteiger partial charge in [-0.1, -0.05) is 48.5 Å². The van der Waals surface area contributed by atoms with Crippen LogP contribution < -0.4 is 5.73 Å². The second-order valence-corrected chi connectivity index (χ2v) is 6.63. The number of hydrogen-bond donors (Lipinski definition) is 2. The van der Waals surface area contributed by atoms with Gasteiger partial charge in [-0.2, -0.15) is 4.37 Å². The predicted molar refractivity (Wildman–Crippen MR) is 96.4 cm³/mol. The summed E-state index contributed by atoms with van der Waals surface area (Å²) in [5.74, 6) is -0.970. The van der Waals surface area contributed by atoms with Gasteiger partial charge < -0.3 is 10.8 Å². The van der Waals surface area contributed by atoms with Crippen molar-refractivity contribution in [3.05, 3.63) is 75.8 Å². The van der Waals surface area contributed by atoms with Crippen LogP contribution in [-0.2, 0) is 13.0 Å². The zero-order valence-electron chi connectivity index (χ0n) is 13.3. The number of carboxylic acids is 1. The monoisotopic (exact) mass is 338 g/mol. The molecule has 0 spiro atoms. The van der Waals surface area contributed by atoms with Crippen molar-refractivity contribution >= 4 is 17.5 Å². The summed E-state index contributed by atoms with van der Waals surface area (Å²) in [5.41, 5.74) is 11.0. The molecule has 5 heteroatoms. The highest BCUT2D eigenvalue weighted by molar-refractivity contribution is 7.06. The van der Waals surface area contributed by atoms with E-state index < -0.39 is 5.97 Å². The van der Waals surface area contributed by atoms with Gasteiger partial charge in [-0.25, -0.2) is 4.79 Å². The first-order valence-electron chi connectivity index (χ1n) is 7.65. The molecule has 0 saturated carbocycles. The molecule has 3 N–H and O–H groups in total. The Morgan fingerprint density at radius 2 is 1.88 bits per heavy atom. The van der Waals surface area contributed by atoms with E-state index in [9.17, 15) is 9.90 Å². The molecule has 1 aromatic heterocycles. The summed E-state index contributed by atoms with van der Waals surface area (Å²) in [5, 5.41) is 9.27. The summed E-state index contributed by atoms with van der Waals surface area (Å²) >= 11 is 1.24. The lowest BCUT2D eigenvalue weighted by molar-refractivity contribution is 0.0690. The maximum atomic E-state index is 11.3. The van der Waals surface area contributed by atoms with Crippen molar-refractivity contribution in [2.45, 2.75) is 19.9 Å². The Bertz CT molecular complexity index is 869. The fourth-order valence-corrected chi connectivity index (χ4v) is 3.36. The predicted octanol–water partition coefficient (Wildman–Crippen LogP) is 3.87. The molecule has 0 aliphatic heterocycles. The van der Waals surface area contributed by atoms with E-state index in [0.29, 0.717) is 13.0 Å². The van der Waals surface area contributed by atoms with Crippen molar-refractivity contribution in [2.75, 3.05) is 0 Å². The van der Waals surface area contributed by atoms with Crippen LogP contribution in [0.2, 0.25) is 0 Å². The van der Waals surface area contributed by atoms with E-state index in [1.54, 1.807) is 0 Å². The lowest BCUT2D eigenvalue weighted by Crippen LogP contribution is -2.02. The number of nitrogens with two attached hydrogens (primary N) is 1. The van der Waals surface area contributed by atoms with Crippen molar-refractivity contribution in [2.24, 2.45) is 5.73 Å². The molecule has 0 atom stereocenters. The fraction of sp³-hybridized carbons (Fsp3) is 0.158. The van der Waals surface area contributed by atoms with Crippen molar-refractivity contribution < 1.29 is 9.90 Å². The molecular formula is C19H18N2O2S. The Balaban J connectivity index is 1.91. The molecule has 3 rings (SSSR count). The van der Waals surface area contributed by atoms with Gasteiger partial charge in [0, 0.05) is 23.4 Å². The number of benzene rings is 2. The normalized spacial score (nSPS) is 10.8. The van der Waals surface area contributed by atoms with Crippen LogP contribution in [0.5, 0.6) is 0 Å². The van der Waals surface area contributed by atoms with Crippen molar-refractivity contribution in [3.8, 4) is 11.1 Å². The topological polar surface area (TPSA) is 76.2 Å². The fourth-order valence-electron chi connectivity index (χ4n) is 2.67. The zero-order chi connectivity index (χ0) is 17.1. The average molecular weight is 338 g/mol. The first-order chi connectivity index (χ1) is 11.6. The minimum Gasteiger partial charge on any atom is -0.476 e. The molecule has 122 valence electrons. The Kier molecular flexibility index (Phi) is 4.74. The molecule has 4 nitrogen and oxygen atoms in total. The Morgan fingerprint density at radius 1 is 1.12 bits per heavy atom. The van der Waals surface area contributed by atoms with Crippen LogP contribution >= 0.6 is 11.5 Å². The minimum atomic E-state index is -0.970. The van der Waals surface area contributed by atoms with Crippen LogP contribution in [0, 0.1) is 6.92 Å². The quantitative estimate of drug-likeness (QED) is 0.740. The van der Waals surface area contributed by atoms with Crippen LogP contribution in [0.4, 0.5) is 0 Å². The molecule has 24 heavy (non-hydrogen) atoms. The van der Waals surface area contributed by atoms with Gasteiger partial charge in [0.1, 0.15) is 0 Å². The second-order valence-electron chi connectivity index (χ2n) is 5.65. The third kappa shape index (κ3) is 3.37. The highest BCUT2D eigenvalue weighted by Gasteiger charge is 2.17. The van der Waals surface area contributed by atoms with Crippen LogP contribution in [-0.4, -0.2) is 15.4 Å². The molecule has 1 heterocycles. The molecule has 0 amide bonds. The number of aryl methyl sites for hydroxylation is 1. The van der Waals surface area contributed by atoms with Crippen molar-refractivity contribution in [1.29, 1.82) is 0 Å². The molecule has 0 aliphatic rings. The number of aromatic carboxylic acids is 1. The number of hydrogen-bond acceptors (Lipinski definition) is 4. The molecule has 0 aliphatic carbocycles. The number of carboxylic acid groups (broad SMARTS) is 1. The summed E-state index contributed by atoms with van der Waals surface area (Å²) in [6, 6.07) is 16.3. The Morgan fingerprint density at radius 3 is 2.54 bits per heavy atom. The van der Waals surface area contributed by atoms with Crippen LogP contribution in [0.3, 0.4) is 0 Å². The van der Waals surface area contributed by atoms with Crippen LogP contribution in [0.25, 0.3) is 11.1 Å². The number of nitrogens with zero attached hydrogens (tertiary/aromatic N) is 1. The van der Waals surface area contributed by atoms with E-state index in [0.717, 1.165) is 32.7 Å². The highest BCUT2D eigenvalue weighted by atomic mass is 32.1. The third-order valence-corrected chi connectivity index (χ3v) is 4.81. The molecule has 0 radical (unpaired) electrons. The molecule has 0 unspecified atom stereocenters. The number of carbonyl (C=O) groups is 1. The van der Waals surface area contributed by atoms with E-state index in [1.807, 2.05) is 31.2 Å². The lowest BCUT2D eigenvalue weighted by atomic mass is 9.98. The maximum Gasteiger partial charge on any atom is 0.355 e. The van der Waals surface area contributed by atoms with Gasteiger partial charge >= 0.3 is 5.97 Å². The highest BCUT2D eigenvalue weighted by Crippen LogP contribution is 2.25. The maximum absolute atomic E-state index is 11.3. The van der Waals surface area contributed by atoms with Crippen LogP contribution in [0.15, 0.2) is 48.5 Å². The minimum absolute atomic E-state index is 0.162. The first-order valence-corrected chi connectivity index (χ1v) is 8.42.